The molecule has 0 radical (unpaired) electrons. The Kier molecular flexibility index (Phi) is 2.78. The minimum Gasteiger partial charge on any atom is -0.497 e. The maximum absolute atomic E-state index is 11.8. The number of hydrogen-bond donors (Lipinski definition) is 2. The topological polar surface area (TPSA) is 73.0 Å². The molecular formula is C11H13N3O2. The number of rotatable bonds is 3. The quantitative estimate of drug-likeness (QED) is 0.795. The molecule has 0 spiro atoms. The van der Waals surface area contributed by atoms with Gasteiger partial charge in [-0.1, -0.05) is 6.07 Å². The number of H-pyrrole nitrogens is 1. The van der Waals surface area contributed by atoms with Gasteiger partial charge in [0.25, 0.3) is 5.56 Å². The van der Waals surface area contributed by atoms with Gasteiger partial charge in [0.05, 0.1) is 18.4 Å². The van der Waals surface area contributed by atoms with Crippen LogP contribution >= 0.6 is 0 Å². The van der Waals surface area contributed by atoms with Crippen LogP contribution in [0.3, 0.4) is 0 Å². The first kappa shape index (κ1) is 10.5. The molecule has 0 amide bonds. The maximum Gasteiger partial charge on any atom is 0.275 e. The van der Waals surface area contributed by atoms with E-state index in [0.717, 1.165) is 5.69 Å². The predicted octanol–water partition coefficient (Wildman–Crippen LogP) is 0.633. The molecule has 1 aromatic heterocycles. The number of hydrogen-bond acceptors (Lipinski definition) is 3. The number of nitrogens with zero attached hydrogens (tertiary/aromatic N) is 1. The van der Waals surface area contributed by atoms with Crippen LogP contribution in [-0.4, -0.2) is 16.9 Å². The van der Waals surface area contributed by atoms with Gasteiger partial charge in [0.15, 0.2) is 0 Å². The van der Waals surface area contributed by atoms with Crippen LogP contribution in [0.15, 0.2) is 35.3 Å². The first-order valence-corrected chi connectivity index (χ1v) is 4.90. The fraction of sp³-hybridized carbons (Fsp3) is 0.182. The first-order valence-electron chi connectivity index (χ1n) is 4.90. The second kappa shape index (κ2) is 4.24. The fourth-order valence-electron chi connectivity index (χ4n) is 1.49. The molecule has 0 aliphatic heterocycles. The van der Waals surface area contributed by atoms with Crippen LogP contribution in [0, 0.1) is 0 Å². The second-order valence-corrected chi connectivity index (χ2v) is 3.34. The standard InChI is InChI=1S/C11H13N3O2/c1-16-10-4-2-3-9(5-10)14-11(15)8(6-12)7-13-14/h2-5,7,13H,6,12H2,1H3. The normalized spacial score (nSPS) is 10.4. The first-order chi connectivity index (χ1) is 7.76. The average molecular weight is 219 g/mol. The van der Waals surface area contributed by atoms with Crippen molar-refractivity contribution in [3.05, 3.63) is 46.4 Å². The summed E-state index contributed by atoms with van der Waals surface area (Å²) >= 11 is 0. The van der Waals surface area contributed by atoms with Crippen molar-refractivity contribution in [3.8, 4) is 11.4 Å². The van der Waals surface area contributed by atoms with E-state index in [1.807, 2.05) is 18.2 Å². The van der Waals surface area contributed by atoms with Crippen LogP contribution in [0.5, 0.6) is 5.75 Å². The highest BCUT2D eigenvalue weighted by Crippen LogP contribution is 2.14. The van der Waals surface area contributed by atoms with Crippen molar-refractivity contribution in [2.24, 2.45) is 5.73 Å². The molecule has 0 aliphatic carbocycles. The van der Waals surface area contributed by atoms with Crippen molar-refractivity contribution in [1.29, 1.82) is 0 Å². The summed E-state index contributed by atoms with van der Waals surface area (Å²) in [6.45, 7) is 0.228. The summed E-state index contributed by atoms with van der Waals surface area (Å²) in [5.41, 5.74) is 6.60. The SMILES string of the molecule is COc1cccc(-n2[nH]cc(CN)c2=O)c1. The number of nitrogens with two attached hydrogens (primary N) is 1. The van der Waals surface area contributed by atoms with E-state index in [0.29, 0.717) is 11.3 Å². The zero-order chi connectivity index (χ0) is 11.5. The van der Waals surface area contributed by atoms with Crippen LogP contribution in [0.4, 0.5) is 0 Å². The Morgan fingerprint density at radius 3 is 2.94 bits per heavy atom. The van der Waals surface area contributed by atoms with Crippen LogP contribution in [0.2, 0.25) is 0 Å². The zero-order valence-electron chi connectivity index (χ0n) is 8.93. The van der Waals surface area contributed by atoms with E-state index >= 15 is 0 Å². The van der Waals surface area contributed by atoms with Gasteiger partial charge in [0, 0.05) is 18.8 Å². The third-order valence-electron chi connectivity index (χ3n) is 2.38. The van der Waals surface area contributed by atoms with E-state index in [2.05, 4.69) is 5.10 Å². The lowest BCUT2D eigenvalue weighted by Crippen LogP contribution is -2.18. The Morgan fingerprint density at radius 1 is 1.50 bits per heavy atom. The smallest absolute Gasteiger partial charge is 0.275 e. The van der Waals surface area contributed by atoms with E-state index in [4.69, 9.17) is 10.5 Å². The Labute approximate surface area is 92.4 Å². The molecule has 5 nitrogen and oxygen atoms in total. The second-order valence-electron chi connectivity index (χ2n) is 3.34. The molecular weight excluding hydrogens is 206 g/mol. The Balaban J connectivity index is 2.50. The zero-order valence-corrected chi connectivity index (χ0v) is 8.93. The summed E-state index contributed by atoms with van der Waals surface area (Å²) in [6, 6.07) is 7.24. The molecule has 2 rings (SSSR count). The summed E-state index contributed by atoms with van der Waals surface area (Å²) in [5, 5.41) is 2.86. The molecule has 5 heteroatoms. The largest absolute Gasteiger partial charge is 0.497 e. The molecule has 1 heterocycles. The molecule has 0 saturated heterocycles. The maximum atomic E-state index is 11.8. The predicted molar refractivity (Wildman–Crippen MR) is 60.8 cm³/mol. The molecule has 0 atom stereocenters. The molecule has 16 heavy (non-hydrogen) atoms. The van der Waals surface area contributed by atoms with Crippen molar-refractivity contribution in [1.82, 2.24) is 9.78 Å². The van der Waals surface area contributed by atoms with Crippen molar-refractivity contribution < 1.29 is 4.74 Å². The Bertz CT molecular complexity index is 542. The van der Waals surface area contributed by atoms with Gasteiger partial charge in [0.2, 0.25) is 0 Å². The van der Waals surface area contributed by atoms with Gasteiger partial charge >= 0.3 is 0 Å². The number of nitrogens with one attached hydrogen (secondary N) is 1. The van der Waals surface area contributed by atoms with E-state index in [9.17, 15) is 4.79 Å². The molecule has 0 unspecified atom stereocenters. The van der Waals surface area contributed by atoms with Gasteiger partial charge in [0.1, 0.15) is 5.75 Å². The van der Waals surface area contributed by atoms with E-state index in [-0.39, 0.29) is 12.1 Å². The van der Waals surface area contributed by atoms with Gasteiger partial charge in [-0.15, -0.1) is 0 Å². The summed E-state index contributed by atoms with van der Waals surface area (Å²) in [7, 11) is 1.59. The minimum atomic E-state index is -0.129. The molecule has 0 saturated carbocycles. The van der Waals surface area contributed by atoms with Crippen LogP contribution in [-0.2, 0) is 6.54 Å². The summed E-state index contributed by atoms with van der Waals surface area (Å²) in [4.78, 5) is 11.8. The highest BCUT2D eigenvalue weighted by atomic mass is 16.5. The highest BCUT2D eigenvalue weighted by molar-refractivity contribution is 5.38. The third-order valence-corrected chi connectivity index (χ3v) is 2.38. The number of ether oxygens (including phenoxy) is 1. The van der Waals surface area contributed by atoms with Crippen LogP contribution in [0.25, 0.3) is 5.69 Å². The van der Waals surface area contributed by atoms with Crippen LogP contribution in [0.1, 0.15) is 5.56 Å². The van der Waals surface area contributed by atoms with Crippen molar-refractivity contribution in [3.63, 3.8) is 0 Å². The molecule has 2 aromatic rings. The Morgan fingerprint density at radius 2 is 2.31 bits per heavy atom. The number of aromatic amines is 1. The summed E-state index contributed by atoms with van der Waals surface area (Å²) in [6.07, 6.45) is 1.61. The van der Waals surface area contributed by atoms with E-state index in [1.54, 1.807) is 19.4 Å². The van der Waals surface area contributed by atoms with Gasteiger partial charge in [-0.2, -0.15) is 0 Å². The van der Waals surface area contributed by atoms with Gasteiger partial charge in [-0.25, -0.2) is 4.68 Å². The van der Waals surface area contributed by atoms with Crippen molar-refractivity contribution >= 4 is 0 Å². The van der Waals surface area contributed by atoms with E-state index in [1.165, 1.54) is 4.68 Å². The Hall–Kier alpha value is -2.01. The van der Waals surface area contributed by atoms with E-state index < -0.39 is 0 Å². The molecule has 1 aromatic carbocycles. The van der Waals surface area contributed by atoms with Crippen molar-refractivity contribution in [2.75, 3.05) is 7.11 Å². The molecule has 3 N–H and O–H groups in total. The highest BCUT2D eigenvalue weighted by Gasteiger charge is 2.06. The van der Waals surface area contributed by atoms with Gasteiger partial charge in [-0.05, 0) is 12.1 Å². The van der Waals surface area contributed by atoms with Gasteiger partial charge in [-0.3, -0.25) is 9.89 Å². The average Bonchev–Trinajstić information content (AvgIpc) is 2.70. The van der Waals surface area contributed by atoms with Crippen LogP contribution < -0.4 is 16.0 Å². The summed E-state index contributed by atoms with van der Waals surface area (Å²) < 4.78 is 6.53. The third kappa shape index (κ3) is 1.72. The lowest BCUT2D eigenvalue weighted by molar-refractivity contribution is 0.414. The minimum absolute atomic E-state index is 0.129. The molecule has 0 fully saturated rings. The molecule has 0 bridgehead atoms. The fourth-order valence-corrected chi connectivity index (χ4v) is 1.49. The monoisotopic (exact) mass is 219 g/mol. The van der Waals surface area contributed by atoms with Crippen molar-refractivity contribution in [2.45, 2.75) is 6.54 Å². The number of aromatic nitrogens is 2. The molecule has 0 aliphatic rings. The lowest BCUT2D eigenvalue weighted by atomic mass is 10.3. The molecule has 84 valence electrons. The lowest BCUT2D eigenvalue weighted by Gasteiger charge is -2.04. The van der Waals surface area contributed by atoms with Gasteiger partial charge < -0.3 is 10.5 Å². The summed E-state index contributed by atoms with van der Waals surface area (Å²) in [5.74, 6) is 0.702. The number of benzene rings is 1. The number of methoxy groups -OCH3 is 1.